The van der Waals surface area contributed by atoms with Gasteiger partial charge in [0.2, 0.25) is 0 Å². The quantitative estimate of drug-likeness (QED) is 0.764. The van der Waals surface area contributed by atoms with Crippen LogP contribution in [0.15, 0.2) is 67.0 Å². The van der Waals surface area contributed by atoms with E-state index in [0.29, 0.717) is 13.2 Å². The van der Waals surface area contributed by atoms with Gasteiger partial charge in [-0.15, -0.1) is 0 Å². The van der Waals surface area contributed by atoms with Crippen LogP contribution in [0.3, 0.4) is 0 Å². The molecule has 0 spiro atoms. The summed E-state index contributed by atoms with van der Waals surface area (Å²) in [7, 11) is 3.96. The first-order chi connectivity index (χ1) is 11.6. The Hall–Kier alpha value is -2.95. The van der Waals surface area contributed by atoms with Crippen LogP contribution in [0, 0.1) is 0 Å². The van der Waals surface area contributed by atoms with Crippen molar-refractivity contribution in [2.45, 2.75) is 0 Å². The average Bonchev–Trinajstić information content (AvgIpc) is 3.02. The fourth-order valence-corrected chi connectivity index (χ4v) is 2.44. The Bertz CT molecular complexity index is 711. The number of benzene rings is 2. The third-order valence-corrected chi connectivity index (χ3v) is 3.78. The molecule has 0 saturated heterocycles. The van der Waals surface area contributed by atoms with Crippen molar-refractivity contribution in [3.63, 3.8) is 0 Å². The van der Waals surface area contributed by atoms with Gasteiger partial charge >= 0.3 is 0 Å². The van der Waals surface area contributed by atoms with E-state index in [2.05, 4.69) is 0 Å². The number of ketones is 1. The van der Waals surface area contributed by atoms with Gasteiger partial charge in [0, 0.05) is 31.5 Å². The molecule has 0 amide bonds. The van der Waals surface area contributed by atoms with Crippen LogP contribution in [0.1, 0.15) is 10.4 Å². The molecule has 0 saturated carbocycles. The normalized spacial score (nSPS) is 13.2. The molecular formula is C19H21N3O2. The highest BCUT2D eigenvalue weighted by Gasteiger charge is 2.17. The second kappa shape index (κ2) is 7.08. The number of carbonyl (C=O) groups is 1. The maximum Gasteiger partial charge on any atom is 0.182 e. The van der Waals surface area contributed by atoms with Crippen LogP contribution in [0.4, 0.5) is 5.69 Å². The Labute approximate surface area is 142 Å². The molecular weight excluding hydrogens is 302 g/mol. The van der Waals surface area contributed by atoms with E-state index in [0.717, 1.165) is 17.0 Å². The highest BCUT2D eigenvalue weighted by molar-refractivity contribution is 5.98. The summed E-state index contributed by atoms with van der Waals surface area (Å²) in [6, 6.07) is 17.2. The molecule has 0 bridgehead atoms. The maximum absolute atomic E-state index is 12.4. The number of hydrogen-bond acceptors (Lipinski definition) is 5. The Balaban J connectivity index is 1.53. The lowest BCUT2D eigenvalue weighted by molar-refractivity contribution is -0.0221. The number of hydroxylamine groups is 2. The zero-order valence-corrected chi connectivity index (χ0v) is 13.9. The molecule has 2 aromatic carbocycles. The third-order valence-electron chi connectivity index (χ3n) is 3.78. The predicted molar refractivity (Wildman–Crippen MR) is 94.7 cm³/mol. The van der Waals surface area contributed by atoms with E-state index in [1.54, 1.807) is 5.06 Å². The molecule has 1 heterocycles. The van der Waals surface area contributed by atoms with E-state index >= 15 is 0 Å². The molecule has 5 heteroatoms. The van der Waals surface area contributed by atoms with Gasteiger partial charge in [0.15, 0.2) is 11.5 Å². The lowest BCUT2D eigenvalue weighted by atomic mass is 10.1. The summed E-state index contributed by atoms with van der Waals surface area (Å²) in [6.07, 6.45) is 3.70. The van der Waals surface area contributed by atoms with Crippen LogP contribution in [-0.2, 0) is 0 Å². The Morgan fingerprint density at radius 3 is 2.42 bits per heavy atom. The molecule has 0 aromatic heterocycles. The van der Waals surface area contributed by atoms with Gasteiger partial charge in [-0.3, -0.25) is 4.79 Å². The monoisotopic (exact) mass is 323 g/mol. The Morgan fingerprint density at radius 1 is 1.04 bits per heavy atom. The summed E-state index contributed by atoms with van der Waals surface area (Å²) < 4.78 is 0. The van der Waals surface area contributed by atoms with Crippen molar-refractivity contribution in [1.82, 2.24) is 9.96 Å². The Morgan fingerprint density at radius 2 is 1.75 bits per heavy atom. The molecule has 0 unspecified atom stereocenters. The smallest absolute Gasteiger partial charge is 0.182 e. The molecule has 5 nitrogen and oxygen atoms in total. The van der Waals surface area contributed by atoms with Crippen molar-refractivity contribution in [3.05, 3.63) is 72.6 Å². The second-order valence-electron chi connectivity index (χ2n) is 5.87. The fourth-order valence-electron chi connectivity index (χ4n) is 2.44. The van der Waals surface area contributed by atoms with Crippen LogP contribution in [0.2, 0.25) is 0 Å². The maximum atomic E-state index is 12.4. The molecule has 0 aliphatic carbocycles. The molecule has 2 aromatic rings. The first-order valence-electron chi connectivity index (χ1n) is 7.84. The van der Waals surface area contributed by atoms with Crippen molar-refractivity contribution < 1.29 is 9.63 Å². The minimum absolute atomic E-state index is 0.0894. The van der Waals surface area contributed by atoms with Crippen molar-refractivity contribution in [3.8, 4) is 5.75 Å². The number of para-hydroxylation sites is 1. The summed E-state index contributed by atoms with van der Waals surface area (Å²) in [5, 5.41) is 1.71. The molecule has 0 fully saturated rings. The minimum Gasteiger partial charge on any atom is -0.378 e. The Kier molecular flexibility index (Phi) is 4.70. The van der Waals surface area contributed by atoms with Gasteiger partial charge in [0.25, 0.3) is 0 Å². The van der Waals surface area contributed by atoms with Crippen LogP contribution in [-0.4, -0.2) is 43.1 Å². The largest absolute Gasteiger partial charge is 0.378 e. The number of Topliss-reactive ketones (excluding diaryl/α,β-unsaturated/α-hetero) is 1. The molecule has 0 radical (unpaired) electrons. The van der Waals surface area contributed by atoms with E-state index in [4.69, 9.17) is 4.84 Å². The lowest BCUT2D eigenvalue weighted by Gasteiger charge is -2.20. The molecule has 1 aliphatic heterocycles. The highest BCUT2D eigenvalue weighted by atomic mass is 16.7. The number of rotatable bonds is 6. The standard InChI is InChI=1S/C19H21N3O2/c1-20(2)17-10-8-16(9-11-17)19(23)14-21-12-13-22(15-21)24-18-6-4-3-5-7-18/h3-13H,14-15H2,1-2H3. The summed E-state index contributed by atoms with van der Waals surface area (Å²) in [6.45, 7) is 0.850. The molecule has 3 rings (SSSR count). The van der Waals surface area contributed by atoms with E-state index in [1.165, 1.54) is 0 Å². The third kappa shape index (κ3) is 3.87. The van der Waals surface area contributed by atoms with Crippen LogP contribution in [0.5, 0.6) is 5.75 Å². The number of hydrogen-bond donors (Lipinski definition) is 0. The molecule has 0 N–H and O–H groups in total. The molecule has 0 atom stereocenters. The van der Waals surface area contributed by atoms with Gasteiger partial charge in [-0.25, -0.2) is 0 Å². The summed E-state index contributed by atoms with van der Waals surface area (Å²) in [4.78, 5) is 22.1. The van der Waals surface area contributed by atoms with Crippen LogP contribution in [0.25, 0.3) is 0 Å². The summed E-state index contributed by atoms with van der Waals surface area (Å²) in [5.74, 6) is 0.862. The minimum atomic E-state index is 0.0894. The van der Waals surface area contributed by atoms with Gasteiger partial charge in [0.05, 0.1) is 12.7 Å². The van der Waals surface area contributed by atoms with Gasteiger partial charge < -0.3 is 14.6 Å². The van der Waals surface area contributed by atoms with E-state index < -0.39 is 0 Å². The predicted octanol–water partition coefficient (Wildman–Crippen LogP) is 2.98. The van der Waals surface area contributed by atoms with Gasteiger partial charge in [-0.05, 0) is 36.4 Å². The first kappa shape index (κ1) is 15.9. The van der Waals surface area contributed by atoms with E-state index in [-0.39, 0.29) is 5.78 Å². The van der Waals surface area contributed by atoms with Crippen molar-refractivity contribution in [1.29, 1.82) is 0 Å². The van der Waals surface area contributed by atoms with Crippen LogP contribution >= 0.6 is 0 Å². The second-order valence-corrected chi connectivity index (χ2v) is 5.87. The fraction of sp³-hybridized carbons (Fsp3) is 0.211. The van der Waals surface area contributed by atoms with Crippen LogP contribution < -0.4 is 9.74 Å². The molecule has 24 heavy (non-hydrogen) atoms. The average molecular weight is 323 g/mol. The zero-order valence-electron chi connectivity index (χ0n) is 13.9. The topological polar surface area (TPSA) is 36.0 Å². The van der Waals surface area contributed by atoms with Crippen molar-refractivity contribution in [2.75, 3.05) is 32.2 Å². The highest BCUT2D eigenvalue weighted by Crippen LogP contribution is 2.16. The van der Waals surface area contributed by atoms with E-state index in [1.807, 2.05) is 90.9 Å². The zero-order chi connectivity index (χ0) is 16.9. The first-order valence-corrected chi connectivity index (χ1v) is 7.84. The SMILES string of the molecule is CN(C)c1ccc(C(=O)CN2C=CN(Oc3ccccc3)C2)cc1. The molecule has 1 aliphatic rings. The van der Waals surface area contributed by atoms with Crippen molar-refractivity contribution in [2.24, 2.45) is 0 Å². The number of carbonyl (C=O) groups excluding carboxylic acids is 1. The van der Waals surface area contributed by atoms with Gasteiger partial charge in [-0.2, -0.15) is 5.06 Å². The molecule has 124 valence electrons. The van der Waals surface area contributed by atoms with Crippen molar-refractivity contribution >= 4 is 11.5 Å². The number of anilines is 1. The van der Waals surface area contributed by atoms with Gasteiger partial charge in [-0.1, -0.05) is 18.2 Å². The summed E-state index contributed by atoms with van der Waals surface area (Å²) in [5.41, 5.74) is 1.80. The number of nitrogens with zero attached hydrogens (tertiary/aromatic N) is 3. The summed E-state index contributed by atoms with van der Waals surface area (Å²) >= 11 is 0. The van der Waals surface area contributed by atoms with E-state index in [9.17, 15) is 4.79 Å². The van der Waals surface area contributed by atoms with Gasteiger partial charge in [0.1, 0.15) is 6.67 Å². The lowest BCUT2D eigenvalue weighted by Crippen LogP contribution is -2.31.